The highest BCUT2D eigenvalue weighted by Gasteiger charge is 2.33. The van der Waals surface area contributed by atoms with E-state index in [0.717, 1.165) is 18.5 Å². The van der Waals surface area contributed by atoms with E-state index in [9.17, 15) is 9.90 Å². The number of hydrogen-bond donors (Lipinski definition) is 4. The number of nitriles is 1. The van der Waals surface area contributed by atoms with Gasteiger partial charge in [0, 0.05) is 37.1 Å². The molecule has 1 saturated heterocycles. The van der Waals surface area contributed by atoms with E-state index in [0.29, 0.717) is 56.1 Å². The summed E-state index contributed by atoms with van der Waals surface area (Å²) in [6.07, 6.45) is 8.50. The number of likely N-dealkylation sites (tertiary alicyclic amines) is 1. The third-order valence-corrected chi connectivity index (χ3v) is 5.56. The lowest BCUT2D eigenvalue weighted by Gasteiger charge is -2.38. The van der Waals surface area contributed by atoms with Crippen molar-refractivity contribution in [3.63, 3.8) is 0 Å². The summed E-state index contributed by atoms with van der Waals surface area (Å²) < 4.78 is 0. The van der Waals surface area contributed by atoms with E-state index in [1.165, 1.54) is 0 Å². The number of nitrogens with zero attached hydrogens (tertiary/aromatic N) is 4. The number of aliphatic hydroxyl groups is 1. The molecule has 1 aromatic heterocycles. The van der Waals surface area contributed by atoms with Crippen LogP contribution in [0.3, 0.4) is 0 Å². The molecule has 0 spiro atoms. The van der Waals surface area contributed by atoms with Crippen LogP contribution in [0.2, 0.25) is 0 Å². The van der Waals surface area contributed by atoms with Crippen LogP contribution in [0, 0.1) is 11.5 Å². The van der Waals surface area contributed by atoms with Crippen LogP contribution in [0.4, 0.5) is 11.4 Å². The molecule has 0 radical (unpaired) electrons. The Morgan fingerprint density at radius 2 is 2.09 bits per heavy atom. The molecular formula is C23H29N7O2. The average molecular weight is 436 g/mol. The monoisotopic (exact) mass is 435 g/mol. The van der Waals surface area contributed by atoms with Crippen LogP contribution in [0.5, 0.6) is 0 Å². The van der Waals surface area contributed by atoms with Gasteiger partial charge in [0.15, 0.2) is 0 Å². The maximum absolute atomic E-state index is 12.6. The summed E-state index contributed by atoms with van der Waals surface area (Å²) in [4.78, 5) is 22.2. The summed E-state index contributed by atoms with van der Waals surface area (Å²) in [6.45, 7) is 1.66. The summed E-state index contributed by atoms with van der Waals surface area (Å²) in [5.41, 5.74) is 6.90. The third-order valence-electron chi connectivity index (χ3n) is 5.56. The Labute approximate surface area is 188 Å². The Hall–Kier alpha value is -3.64. The number of unbranched alkanes of at least 4 members (excludes halogenated alkanes) is 1. The van der Waals surface area contributed by atoms with Gasteiger partial charge in [-0.3, -0.25) is 9.78 Å². The summed E-state index contributed by atoms with van der Waals surface area (Å²) >= 11 is 0. The van der Waals surface area contributed by atoms with Gasteiger partial charge in [-0.2, -0.15) is 5.26 Å². The fourth-order valence-electron chi connectivity index (χ4n) is 3.75. The van der Waals surface area contributed by atoms with Crippen LogP contribution in [0.1, 0.15) is 42.5 Å². The van der Waals surface area contributed by atoms with Gasteiger partial charge < -0.3 is 26.4 Å². The highest BCUT2D eigenvalue weighted by Crippen LogP contribution is 2.28. The molecule has 5 N–H and O–H groups in total. The SMILES string of the molecule is N#C/N=C(\NCCCCC1(O)CCN(C(=O)c2cccc(N)c2)CC1)Nc1cccnc1. The first kappa shape index (κ1) is 23.0. The van der Waals surface area contributed by atoms with Gasteiger partial charge in [-0.1, -0.05) is 6.07 Å². The molecule has 2 heterocycles. The van der Waals surface area contributed by atoms with Gasteiger partial charge in [0.1, 0.15) is 0 Å². The number of nitrogens with two attached hydrogens (primary N) is 1. The molecule has 0 atom stereocenters. The predicted molar refractivity (Wildman–Crippen MR) is 124 cm³/mol. The van der Waals surface area contributed by atoms with E-state index in [1.54, 1.807) is 53.8 Å². The predicted octanol–water partition coefficient (Wildman–Crippen LogP) is 2.34. The van der Waals surface area contributed by atoms with Gasteiger partial charge in [0.2, 0.25) is 12.2 Å². The Morgan fingerprint density at radius 3 is 2.78 bits per heavy atom. The Kier molecular flexibility index (Phi) is 8.00. The fraction of sp³-hybridized carbons (Fsp3) is 0.391. The lowest BCUT2D eigenvalue weighted by molar-refractivity contribution is -0.0244. The molecule has 168 valence electrons. The van der Waals surface area contributed by atoms with Crippen LogP contribution in [-0.2, 0) is 0 Å². The largest absolute Gasteiger partial charge is 0.399 e. The smallest absolute Gasteiger partial charge is 0.253 e. The number of nitrogens with one attached hydrogen (secondary N) is 2. The van der Waals surface area contributed by atoms with Crippen molar-refractivity contribution < 1.29 is 9.90 Å². The average Bonchev–Trinajstić information content (AvgIpc) is 2.80. The molecule has 1 amide bonds. The standard InChI is InChI=1S/C23H29N7O2/c24-17-28-22(29-20-7-4-11-26-16-20)27-12-2-1-8-23(32)9-13-30(14-10-23)21(31)18-5-3-6-19(25)15-18/h3-7,11,15-16,32H,1-2,8-10,12-14,25H2,(H2,27,28,29). The Balaban J connectivity index is 1.38. The van der Waals surface area contributed by atoms with Crippen molar-refractivity contribution in [2.75, 3.05) is 30.7 Å². The normalized spacial score (nSPS) is 15.6. The molecule has 1 aliphatic rings. The molecule has 9 heteroatoms. The van der Waals surface area contributed by atoms with E-state index < -0.39 is 5.60 Å². The molecule has 32 heavy (non-hydrogen) atoms. The van der Waals surface area contributed by atoms with Crippen molar-refractivity contribution in [2.45, 2.75) is 37.7 Å². The van der Waals surface area contributed by atoms with Crippen molar-refractivity contribution in [1.82, 2.24) is 15.2 Å². The number of nitrogen functional groups attached to an aromatic ring is 1. The molecular weight excluding hydrogens is 406 g/mol. The molecule has 0 unspecified atom stereocenters. The molecule has 0 bridgehead atoms. The summed E-state index contributed by atoms with van der Waals surface area (Å²) in [6, 6.07) is 10.6. The number of carbonyl (C=O) groups is 1. The molecule has 0 aliphatic carbocycles. The number of benzene rings is 1. The number of pyridine rings is 1. The minimum absolute atomic E-state index is 0.0472. The molecule has 9 nitrogen and oxygen atoms in total. The van der Waals surface area contributed by atoms with Crippen LogP contribution in [-0.4, -0.2) is 52.1 Å². The number of carbonyl (C=O) groups excluding carboxylic acids is 1. The van der Waals surface area contributed by atoms with Crippen molar-refractivity contribution in [2.24, 2.45) is 4.99 Å². The van der Waals surface area contributed by atoms with Crippen LogP contribution >= 0.6 is 0 Å². The van der Waals surface area contributed by atoms with Crippen molar-refractivity contribution in [3.05, 3.63) is 54.4 Å². The summed E-state index contributed by atoms with van der Waals surface area (Å²) in [7, 11) is 0. The number of amides is 1. The molecule has 3 rings (SSSR count). The number of piperidine rings is 1. The van der Waals surface area contributed by atoms with Gasteiger partial charge in [-0.15, -0.1) is 4.99 Å². The fourth-order valence-corrected chi connectivity index (χ4v) is 3.75. The van der Waals surface area contributed by atoms with Gasteiger partial charge in [-0.05, 0) is 62.4 Å². The maximum atomic E-state index is 12.6. The minimum atomic E-state index is -0.760. The zero-order valence-electron chi connectivity index (χ0n) is 18.0. The van der Waals surface area contributed by atoms with Crippen LogP contribution in [0.15, 0.2) is 53.8 Å². The first-order valence-electron chi connectivity index (χ1n) is 10.7. The quantitative estimate of drug-likeness (QED) is 0.172. The summed E-state index contributed by atoms with van der Waals surface area (Å²) in [5.74, 6) is 0.321. The van der Waals surface area contributed by atoms with Crippen molar-refractivity contribution >= 4 is 23.2 Å². The second-order valence-corrected chi connectivity index (χ2v) is 7.95. The summed E-state index contributed by atoms with van der Waals surface area (Å²) in [5, 5.41) is 25.9. The van der Waals surface area contributed by atoms with E-state index in [-0.39, 0.29) is 5.91 Å². The van der Waals surface area contributed by atoms with Gasteiger partial charge in [-0.25, -0.2) is 0 Å². The van der Waals surface area contributed by atoms with Gasteiger partial charge in [0.05, 0.1) is 17.5 Å². The number of rotatable bonds is 7. The highest BCUT2D eigenvalue weighted by atomic mass is 16.3. The highest BCUT2D eigenvalue weighted by molar-refractivity contribution is 5.95. The Morgan fingerprint density at radius 1 is 1.28 bits per heavy atom. The minimum Gasteiger partial charge on any atom is -0.399 e. The number of aromatic nitrogens is 1. The second-order valence-electron chi connectivity index (χ2n) is 7.95. The van der Waals surface area contributed by atoms with Crippen LogP contribution in [0.25, 0.3) is 0 Å². The van der Waals surface area contributed by atoms with Crippen molar-refractivity contribution in [1.29, 1.82) is 5.26 Å². The molecule has 1 aromatic carbocycles. The zero-order valence-corrected chi connectivity index (χ0v) is 18.0. The second kappa shape index (κ2) is 11.1. The van der Waals surface area contributed by atoms with E-state index in [1.807, 2.05) is 6.07 Å². The number of aliphatic imine (C=N–C) groups is 1. The topological polar surface area (TPSA) is 140 Å². The van der Waals surface area contributed by atoms with E-state index >= 15 is 0 Å². The number of guanidine groups is 1. The first-order chi connectivity index (χ1) is 15.5. The van der Waals surface area contributed by atoms with Gasteiger partial charge >= 0.3 is 0 Å². The zero-order chi connectivity index (χ0) is 22.8. The first-order valence-corrected chi connectivity index (χ1v) is 10.7. The maximum Gasteiger partial charge on any atom is 0.253 e. The van der Waals surface area contributed by atoms with E-state index in [4.69, 9.17) is 11.0 Å². The number of hydrogen-bond acceptors (Lipinski definition) is 6. The van der Waals surface area contributed by atoms with Crippen molar-refractivity contribution in [3.8, 4) is 6.19 Å². The van der Waals surface area contributed by atoms with Crippen LogP contribution < -0.4 is 16.4 Å². The lowest BCUT2D eigenvalue weighted by Crippen LogP contribution is -2.46. The number of anilines is 2. The molecule has 0 saturated carbocycles. The molecule has 1 fully saturated rings. The third kappa shape index (κ3) is 6.68. The Bertz CT molecular complexity index is 964. The van der Waals surface area contributed by atoms with Gasteiger partial charge in [0.25, 0.3) is 5.91 Å². The molecule has 1 aliphatic heterocycles. The molecule has 2 aromatic rings. The van der Waals surface area contributed by atoms with E-state index in [2.05, 4.69) is 20.6 Å². The lowest BCUT2D eigenvalue weighted by atomic mass is 9.86.